The first kappa shape index (κ1) is 19.9. The molecule has 0 saturated carbocycles. The van der Waals surface area contributed by atoms with E-state index in [2.05, 4.69) is 10.2 Å². The van der Waals surface area contributed by atoms with Crippen molar-refractivity contribution in [3.05, 3.63) is 64.7 Å². The average Bonchev–Trinajstić information content (AvgIpc) is 2.65. The Bertz CT molecular complexity index is 901. The number of rotatable bonds is 5. The molecule has 2 amide bonds. The van der Waals surface area contributed by atoms with Gasteiger partial charge in [0.1, 0.15) is 11.6 Å². The number of benzene rings is 2. The van der Waals surface area contributed by atoms with Gasteiger partial charge in [-0.2, -0.15) is 0 Å². The first-order valence-corrected chi connectivity index (χ1v) is 9.21. The summed E-state index contributed by atoms with van der Waals surface area (Å²) in [5.74, 6) is -2.14. The maximum atomic E-state index is 14.0. The summed E-state index contributed by atoms with van der Waals surface area (Å²) in [4.78, 5) is 26.2. The highest BCUT2D eigenvalue weighted by Crippen LogP contribution is 2.24. The van der Waals surface area contributed by atoms with Crippen molar-refractivity contribution >= 4 is 17.5 Å². The molecular formula is C21H23F2N3O2. The van der Waals surface area contributed by atoms with Crippen LogP contribution in [0, 0.1) is 24.5 Å². The van der Waals surface area contributed by atoms with Gasteiger partial charge in [0, 0.05) is 29.9 Å². The summed E-state index contributed by atoms with van der Waals surface area (Å²) in [6, 6.07) is 8.87. The predicted molar refractivity (Wildman–Crippen MR) is 103 cm³/mol. The van der Waals surface area contributed by atoms with E-state index < -0.39 is 11.7 Å². The van der Waals surface area contributed by atoms with E-state index in [4.69, 9.17) is 5.73 Å². The van der Waals surface area contributed by atoms with Crippen LogP contribution in [0.25, 0.3) is 0 Å². The first-order valence-electron chi connectivity index (χ1n) is 9.21. The first-order chi connectivity index (χ1) is 13.3. The van der Waals surface area contributed by atoms with Gasteiger partial charge in [0.05, 0.1) is 5.92 Å². The molecule has 0 radical (unpaired) electrons. The van der Waals surface area contributed by atoms with Crippen LogP contribution < -0.4 is 11.1 Å². The molecule has 0 unspecified atom stereocenters. The Hall–Kier alpha value is -2.80. The van der Waals surface area contributed by atoms with Crippen molar-refractivity contribution in [2.75, 3.05) is 18.4 Å². The fourth-order valence-corrected chi connectivity index (χ4v) is 3.49. The van der Waals surface area contributed by atoms with Crippen molar-refractivity contribution in [1.82, 2.24) is 4.90 Å². The van der Waals surface area contributed by atoms with Crippen molar-refractivity contribution in [2.45, 2.75) is 26.3 Å². The molecule has 2 aromatic carbocycles. The highest BCUT2D eigenvalue weighted by atomic mass is 19.1. The average molecular weight is 387 g/mol. The minimum absolute atomic E-state index is 0.00905. The summed E-state index contributed by atoms with van der Waals surface area (Å²) < 4.78 is 27.4. The molecule has 0 aliphatic carbocycles. The number of hydrogen-bond acceptors (Lipinski definition) is 3. The van der Waals surface area contributed by atoms with Gasteiger partial charge in [-0.1, -0.05) is 12.1 Å². The van der Waals surface area contributed by atoms with Crippen LogP contribution in [-0.4, -0.2) is 29.8 Å². The Balaban J connectivity index is 1.68. The van der Waals surface area contributed by atoms with E-state index in [9.17, 15) is 18.4 Å². The van der Waals surface area contributed by atoms with Crippen LogP contribution in [-0.2, 0) is 11.3 Å². The van der Waals surface area contributed by atoms with Crippen LogP contribution in [0.2, 0.25) is 0 Å². The fraction of sp³-hybridized carbons (Fsp3) is 0.333. The number of carbonyl (C=O) groups excluding carboxylic acids is 2. The molecule has 1 fully saturated rings. The Morgan fingerprint density at radius 2 is 2.04 bits per heavy atom. The molecule has 28 heavy (non-hydrogen) atoms. The van der Waals surface area contributed by atoms with Gasteiger partial charge in [0.2, 0.25) is 11.8 Å². The molecule has 1 saturated heterocycles. The van der Waals surface area contributed by atoms with Crippen molar-refractivity contribution in [3.8, 4) is 0 Å². The van der Waals surface area contributed by atoms with E-state index in [1.165, 1.54) is 25.1 Å². The van der Waals surface area contributed by atoms with Gasteiger partial charge in [-0.25, -0.2) is 8.78 Å². The Labute approximate surface area is 162 Å². The molecule has 148 valence electrons. The molecule has 3 rings (SSSR count). The molecule has 1 aliphatic rings. The number of primary amides is 1. The number of halogens is 2. The number of hydrogen-bond donors (Lipinski definition) is 2. The van der Waals surface area contributed by atoms with Crippen LogP contribution in [0.3, 0.4) is 0 Å². The van der Waals surface area contributed by atoms with Crippen LogP contribution in [0.5, 0.6) is 0 Å². The molecule has 5 nitrogen and oxygen atoms in total. The summed E-state index contributed by atoms with van der Waals surface area (Å²) in [6.45, 7) is 3.45. The van der Waals surface area contributed by atoms with E-state index in [1.54, 1.807) is 6.07 Å². The number of nitrogens with one attached hydrogen (secondary N) is 1. The van der Waals surface area contributed by atoms with Gasteiger partial charge in [-0.15, -0.1) is 0 Å². The Morgan fingerprint density at radius 3 is 2.75 bits per heavy atom. The number of likely N-dealkylation sites (tertiary alicyclic amines) is 1. The maximum absolute atomic E-state index is 14.0. The van der Waals surface area contributed by atoms with Crippen LogP contribution in [0.4, 0.5) is 14.5 Å². The minimum atomic E-state index is -0.756. The number of nitrogens with two attached hydrogens (primary N) is 1. The zero-order valence-corrected chi connectivity index (χ0v) is 15.7. The van der Waals surface area contributed by atoms with Crippen LogP contribution in [0.1, 0.15) is 34.3 Å². The molecule has 7 heteroatoms. The molecule has 2 aromatic rings. The number of anilines is 1. The molecule has 0 bridgehead atoms. The zero-order valence-electron chi connectivity index (χ0n) is 15.7. The topological polar surface area (TPSA) is 75.4 Å². The second kappa shape index (κ2) is 8.48. The molecule has 3 N–H and O–H groups in total. The lowest BCUT2D eigenvalue weighted by atomic mass is 9.96. The highest BCUT2D eigenvalue weighted by Gasteiger charge is 2.26. The molecule has 0 aromatic heterocycles. The number of nitrogens with zero attached hydrogens (tertiary/aromatic N) is 1. The highest BCUT2D eigenvalue weighted by molar-refractivity contribution is 5.97. The number of piperidine rings is 1. The van der Waals surface area contributed by atoms with E-state index in [0.29, 0.717) is 19.5 Å². The molecule has 0 spiro atoms. The summed E-state index contributed by atoms with van der Waals surface area (Å²) in [5, 5.41) is 2.74. The summed E-state index contributed by atoms with van der Waals surface area (Å²) >= 11 is 0. The second-order valence-electron chi connectivity index (χ2n) is 7.19. The lowest BCUT2D eigenvalue weighted by Crippen LogP contribution is -2.40. The monoisotopic (exact) mass is 387 g/mol. The minimum Gasteiger partial charge on any atom is -0.366 e. The van der Waals surface area contributed by atoms with Gasteiger partial charge < -0.3 is 11.1 Å². The third kappa shape index (κ3) is 4.72. The van der Waals surface area contributed by atoms with Crippen molar-refractivity contribution in [3.63, 3.8) is 0 Å². The third-order valence-corrected chi connectivity index (χ3v) is 5.06. The normalized spacial score (nSPS) is 17.3. The van der Waals surface area contributed by atoms with Crippen molar-refractivity contribution in [1.29, 1.82) is 0 Å². The van der Waals surface area contributed by atoms with Gasteiger partial charge >= 0.3 is 0 Å². The van der Waals surface area contributed by atoms with Gasteiger partial charge in [-0.3, -0.25) is 14.5 Å². The number of carbonyl (C=O) groups is 2. The predicted octanol–water partition coefficient (Wildman–Crippen LogP) is 3.22. The van der Waals surface area contributed by atoms with Crippen molar-refractivity contribution in [2.24, 2.45) is 11.7 Å². The fourth-order valence-electron chi connectivity index (χ4n) is 3.49. The summed E-state index contributed by atoms with van der Waals surface area (Å²) in [6.07, 6.45) is 1.55. The quantitative estimate of drug-likeness (QED) is 0.827. The van der Waals surface area contributed by atoms with Crippen LogP contribution >= 0.6 is 0 Å². The number of amides is 2. The standard InChI is InChI=1S/C21H23F2N3O2/c1-13-18(23)9-16(20(24)27)10-19(13)25-21(28)15-5-3-7-26(12-15)11-14-4-2-6-17(22)8-14/h2,4,6,8-10,15H,3,5,7,11-12H2,1H3,(H2,24,27)(H,25,28)/t15-/m1/s1. The summed E-state index contributed by atoms with van der Waals surface area (Å²) in [7, 11) is 0. The van der Waals surface area contributed by atoms with Crippen molar-refractivity contribution < 1.29 is 18.4 Å². The van der Waals surface area contributed by atoms with Gasteiger partial charge in [0.25, 0.3) is 0 Å². The van der Waals surface area contributed by atoms with Gasteiger partial charge in [0.15, 0.2) is 0 Å². The van der Waals surface area contributed by atoms with E-state index in [-0.39, 0.29) is 34.5 Å². The second-order valence-corrected chi connectivity index (χ2v) is 7.19. The molecule has 1 atom stereocenters. The zero-order chi connectivity index (χ0) is 20.3. The maximum Gasteiger partial charge on any atom is 0.248 e. The molecule has 1 heterocycles. The lowest BCUT2D eigenvalue weighted by molar-refractivity contribution is -0.121. The third-order valence-electron chi connectivity index (χ3n) is 5.06. The van der Waals surface area contributed by atoms with Crippen LogP contribution in [0.15, 0.2) is 36.4 Å². The molecule has 1 aliphatic heterocycles. The summed E-state index contributed by atoms with van der Waals surface area (Å²) in [5.41, 5.74) is 6.60. The SMILES string of the molecule is Cc1c(F)cc(C(N)=O)cc1NC(=O)[C@@H]1CCCN(Cc2cccc(F)c2)C1. The smallest absolute Gasteiger partial charge is 0.248 e. The van der Waals surface area contributed by atoms with E-state index in [0.717, 1.165) is 24.6 Å². The van der Waals surface area contributed by atoms with E-state index in [1.807, 2.05) is 6.07 Å². The Kier molecular flexibility index (Phi) is 6.04. The largest absolute Gasteiger partial charge is 0.366 e. The van der Waals surface area contributed by atoms with E-state index >= 15 is 0 Å². The molecular weight excluding hydrogens is 364 g/mol. The Morgan fingerprint density at radius 1 is 1.25 bits per heavy atom. The lowest BCUT2D eigenvalue weighted by Gasteiger charge is -2.32. The van der Waals surface area contributed by atoms with Gasteiger partial charge in [-0.05, 0) is 56.1 Å².